The summed E-state index contributed by atoms with van der Waals surface area (Å²) in [5.41, 5.74) is 0.214. The zero-order chi connectivity index (χ0) is 20.6. The Morgan fingerprint density at radius 1 is 1.32 bits per heavy atom. The highest BCUT2D eigenvalue weighted by atomic mass is 35.5. The average Bonchev–Trinajstić information content (AvgIpc) is 2.94. The first-order valence-electron chi connectivity index (χ1n) is 8.44. The Balaban J connectivity index is 1.95. The van der Waals surface area contributed by atoms with Gasteiger partial charge in [-0.25, -0.2) is 0 Å². The van der Waals surface area contributed by atoms with Crippen molar-refractivity contribution in [2.24, 2.45) is 0 Å². The lowest BCUT2D eigenvalue weighted by Gasteiger charge is -2.29. The standard InChI is InChI=1S/C18H19ClN2O6S/c1-18(2)26-13(14(27-18)12(23)8-22)7-11-15(24)20-17(28)21(16(11)25)10-5-3-9(19)4-6-10/h3-7,12-14,22-23H,8H2,1-2H3,(H,20,24,28)/b11-7+/t12?,13-,14+/m0/s1. The number of amides is 2. The van der Waals surface area contributed by atoms with Crippen LogP contribution in [0, 0.1) is 0 Å². The lowest BCUT2D eigenvalue weighted by Crippen LogP contribution is -2.54. The van der Waals surface area contributed by atoms with Crippen LogP contribution in [0.5, 0.6) is 0 Å². The number of ether oxygens (including phenoxy) is 2. The molecular formula is C18H19ClN2O6S. The normalized spacial score (nSPS) is 27.2. The third-order valence-electron chi connectivity index (χ3n) is 4.25. The van der Waals surface area contributed by atoms with Crippen molar-refractivity contribution in [2.75, 3.05) is 11.5 Å². The van der Waals surface area contributed by atoms with Gasteiger partial charge >= 0.3 is 0 Å². The molecule has 0 saturated carbocycles. The lowest BCUT2D eigenvalue weighted by atomic mass is 10.0. The van der Waals surface area contributed by atoms with Gasteiger partial charge in [0, 0.05) is 5.02 Å². The van der Waals surface area contributed by atoms with Crippen molar-refractivity contribution in [3.05, 3.63) is 40.9 Å². The van der Waals surface area contributed by atoms with Crippen LogP contribution in [0.2, 0.25) is 5.02 Å². The molecule has 1 aromatic carbocycles. The van der Waals surface area contributed by atoms with Crippen LogP contribution in [-0.4, -0.2) is 57.8 Å². The van der Waals surface area contributed by atoms with Gasteiger partial charge in [-0.05, 0) is 56.4 Å². The van der Waals surface area contributed by atoms with Crippen LogP contribution >= 0.6 is 23.8 Å². The van der Waals surface area contributed by atoms with Crippen molar-refractivity contribution in [1.82, 2.24) is 5.32 Å². The molecule has 10 heteroatoms. The minimum absolute atomic E-state index is 0.0645. The molecule has 2 amide bonds. The van der Waals surface area contributed by atoms with Crippen molar-refractivity contribution in [2.45, 2.75) is 37.9 Å². The second-order valence-corrected chi connectivity index (χ2v) is 7.59. The van der Waals surface area contributed by atoms with Gasteiger partial charge in [-0.1, -0.05) is 11.6 Å². The Hall–Kier alpha value is -1.88. The number of carbonyl (C=O) groups is 2. The molecule has 0 bridgehead atoms. The molecule has 2 aliphatic rings. The number of halogens is 1. The summed E-state index contributed by atoms with van der Waals surface area (Å²) in [4.78, 5) is 26.6. The van der Waals surface area contributed by atoms with E-state index < -0.39 is 42.5 Å². The number of anilines is 1. The molecule has 3 atom stereocenters. The van der Waals surface area contributed by atoms with E-state index in [1.54, 1.807) is 38.1 Å². The number of hydrogen-bond acceptors (Lipinski definition) is 7. The third-order valence-corrected chi connectivity index (χ3v) is 4.78. The summed E-state index contributed by atoms with van der Waals surface area (Å²) in [6, 6.07) is 6.38. The summed E-state index contributed by atoms with van der Waals surface area (Å²) in [6.07, 6.45) is -1.86. The molecule has 3 rings (SSSR count). The summed E-state index contributed by atoms with van der Waals surface area (Å²) in [5, 5.41) is 22.1. The van der Waals surface area contributed by atoms with Gasteiger partial charge in [-0.3, -0.25) is 19.8 Å². The van der Waals surface area contributed by atoms with E-state index in [-0.39, 0.29) is 10.7 Å². The second kappa shape index (κ2) is 7.86. The highest BCUT2D eigenvalue weighted by Gasteiger charge is 2.45. The van der Waals surface area contributed by atoms with Crippen molar-refractivity contribution < 1.29 is 29.3 Å². The van der Waals surface area contributed by atoms with Crippen molar-refractivity contribution in [3.8, 4) is 0 Å². The molecule has 0 spiro atoms. The van der Waals surface area contributed by atoms with Gasteiger partial charge < -0.3 is 19.7 Å². The van der Waals surface area contributed by atoms with E-state index in [2.05, 4.69) is 5.32 Å². The highest BCUT2D eigenvalue weighted by Crippen LogP contribution is 2.32. The van der Waals surface area contributed by atoms with Gasteiger partial charge in [0.05, 0.1) is 12.3 Å². The maximum Gasteiger partial charge on any atom is 0.269 e. The van der Waals surface area contributed by atoms with E-state index in [1.165, 1.54) is 6.08 Å². The maximum atomic E-state index is 13.0. The predicted octanol–water partition coefficient (Wildman–Crippen LogP) is 0.887. The lowest BCUT2D eigenvalue weighted by molar-refractivity contribution is -0.155. The van der Waals surface area contributed by atoms with Crippen molar-refractivity contribution >= 4 is 46.4 Å². The number of benzene rings is 1. The Morgan fingerprint density at radius 3 is 2.57 bits per heavy atom. The van der Waals surface area contributed by atoms with E-state index in [9.17, 15) is 19.8 Å². The summed E-state index contributed by atoms with van der Waals surface area (Å²) >= 11 is 11.0. The van der Waals surface area contributed by atoms with Crippen LogP contribution in [0.25, 0.3) is 0 Å². The fourth-order valence-corrected chi connectivity index (χ4v) is 3.42. The number of nitrogens with zero attached hydrogens (tertiary/aromatic N) is 1. The van der Waals surface area contributed by atoms with Gasteiger partial charge in [0.1, 0.15) is 23.9 Å². The van der Waals surface area contributed by atoms with Gasteiger partial charge in [0.25, 0.3) is 11.8 Å². The summed E-state index contributed by atoms with van der Waals surface area (Å²) in [7, 11) is 0. The summed E-state index contributed by atoms with van der Waals surface area (Å²) in [6.45, 7) is 2.69. The first-order valence-corrected chi connectivity index (χ1v) is 9.23. The van der Waals surface area contributed by atoms with Gasteiger partial charge in [0.2, 0.25) is 0 Å². The van der Waals surface area contributed by atoms with E-state index in [4.69, 9.17) is 33.3 Å². The average molecular weight is 427 g/mol. The third kappa shape index (κ3) is 4.09. The molecule has 3 N–H and O–H groups in total. The number of hydrogen-bond donors (Lipinski definition) is 3. The SMILES string of the molecule is CC1(C)O[C@@H](/C=C2\C(=O)NC(=S)N(c3ccc(Cl)cc3)C2=O)[C@@H](C(O)CO)O1. The minimum Gasteiger partial charge on any atom is -0.394 e. The number of aliphatic hydroxyl groups is 2. The fourth-order valence-electron chi connectivity index (χ4n) is 3.01. The molecule has 2 fully saturated rings. The number of carbonyl (C=O) groups excluding carboxylic acids is 2. The zero-order valence-electron chi connectivity index (χ0n) is 15.1. The second-order valence-electron chi connectivity index (χ2n) is 6.77. The monoisotopic (exact) mass is 426 g/mol. The molecule has 28 heavy (non-hydrogen) atoms. The molecule has 0 aliphatic carbocycles. The maximum absolute atomic E-state index is 13.0. The van der Waals surface area contributed by atoms with E-state index >= 15 is 0 Å². The van der Waals surface area contributed by atoms with Crippen molar-refractivity contribution in [3.63, 3.8) is 0 Å². The molecule has 0 aromatic heterocycles. The van der Waals surface area contributed by atoms with Crippen LogP contribution in [0.4, 0.5) is 5.69 Å². The van der Waals surface area contributed by atoms with Crippen LogP contribution < -0.4 is 10.2 Å². The van der Waals surface area contributed by atoms with Crippen LogP contribution in [0.3, 0.4) is 0 Å². The fraction of sp³-hybridized carbons (Fsp3) is 0.389. The van der Waals surface area contributed by atoms with E-state index in [0.29, 0.717) is 10.7 Å². The predicted molar refractivity (Wildman–Crippen MR) is 105 cm³/mol. The van der Waals surface area contributed by atoms with Crippen LogP contribution in [0.1, 0.15) is 13.8 Å². The number of rotatable bonds is 4. The molecule has 2 aliphatic heterocycles. The number of thiocarbonyl (C=S) groups is 1. The molecule has 1 aromatic rings. The molecule has 8 nitrogen and oxygen atoms in total. The minimum atomic E-state index is -1.25. The highest BCUT2D eigenvalue weighted by molar-refractivity contribution is 7.80. The summed E-state index contributed by atoms with van der Waals surface area (Å²) < 4.78 is 11.3. The molecular weight excluding hydrogens is 408 g/mol. The molecule has 150 valence electrons. The Bertz CT molecular complexity index is 841. The smallest absolute Gasteiger partial charge is 0.269 e. The van der Waals surface area contributed by atoms with Crippen LogP contribution in [0.15, 0.2) is 35.9 Å². The van der Waals surface area contributed by atoms with Crippen molar-refractivity contribution in [1.29, 1.82) is 0 Å². The number of aliphatic hydroxyl groups excluding tert-OH is 2. The molecule has 1 unspecified atom stereocenters. The van der Waals surface area contributed by atoms with E-state index in [0.717, 1.165) is 4.90 Å². The van der Waals surface area contributed by atoms with Gasteiger partial charge in [0.15, 0.2) is 10.9 Å². The Morgan fingerprint density at radius 2 is 1.96 bits per heavy atom. The molecule has 0 radical (unpaired) electrons. The van der Waals surface area contributed by atoms with Gasteiger partial charge in [-0.15, -0.1) is 0 Å². The first kappa shape index (κ1) is 20.8. The topological polar surface area (TPSA) is 108 Å². The zero-order valence-corrected chi connectivity index (χ0v) is 16.7. The van der Waals surface area contributed by atoms with Crippen LogP contribution in [-0.2, 0) is 19.1 Å². The Kier molecular flexibility index (Phi) is 5.85. The molecule has 2 heterocycles. The number of nitrogens with one attached hydrogen (secondary N) is 1. The van der Waals surface area contributed by atoms with E-state index in [1.807, 2.05) is 0 Å². The summed E-state index contributed by atoms with van der Waals surface area (Å²) in [5.74, 6) is -2.41. The quantitative estimate of drug-likeness (QED) is 0.372. The molecule has 2 saturated heterocycles. The van der Waals surface area contributed by atoms with Gasteiger partial charge in [-0.2, -0.15) is 0 Å². The largest absolute Gasteiger partial charge is 0.394 e. The first-order chi connectivity index (χ1) is 13.1. The Labute approximate surface area is 171 Å².